The number of nitrogens with zero attached hydrogens (tertiary/aromatic N) is 4. The number of methoxy groups -OCH3 is 1. The molecule has 170 valence electrons. The van der Waals surface area contributed by atoms with Crippen molar-refractivity contribution >= 4 is 46.3 Å². The molecule has 3 heterocycles. The predicted molar refractivity (Wildman–Crippen MR) is 125 cm³/mol. The van der Waals surface area contributed by atoms with Crippen LogP contribution < -0.4 is 10.1 Å². The van der Waals surface area contributed by atoms with Crippen LogP contribution in [0.5, 0.6) is 5.75 Å². The fourth-order valence-electron chi connectivity index (χ4n) is 3.88. The number of thiocarbonyl (C=S) groups is 1. The van der Waals surface area contributed by atoms with Crippen LogP contribution in [0.2, 0.25) is 0 Å². The van der Waals surface area contributed by atoms with Gasteiger partial charge < -0.3 is 14.8 Å². The van der Waals surface area contributed by atoms with Crippen molar-refractivity contribution in [3.8, 4) is 5.75 Å². The number of fused-ring (bicyclic) bond motifs is 3. The maximum Gasteiger partial charge on any atom is 0.280 e. The molecule has 0 spiro atoms. The number of unbranched alkanes of at least 4 members (excludes halogenated alkanes) is 1. The van der Waals surface area contributed by atoms with Crippen molar-refractivity contribution in [1.29, 1.82) is 0 Å². The second kappa shape index (κ2) is 10.3. The first-order chi connectivity index (χ1) is 15.6. The molecule has 4 rings (SSSR count). The van der Waals surface area contributed by atoms with E-state index in [1.54, 1.807) is 19.2 Å². The lowest BCUT2D eigenvalue weighted by Crippen LogP contribution is -2.46. The lowest BCUT2D eigenvalue weighted by Gasteiger charge is -2.26. The summed E-state index contributed by atoms with van der Waals surface area (Å²) in [4.78, 5) is 37.7. The topological polar surface area (TPSA) is 95.8 Å². The number of morpholine rings is 1. The van der Waals surface area contributed by atoms with Gasteiger partial charge in [0.1, 0.15) is 11.5 Å². The molecule has 0 unspecified atom stereocenters. The fraction of sp³-hybridized carbons (Fsp3) is 0.500. The van der Waals surface area contributed by atoms with Crippen LogP contribution in [0.3, 0.4) is 0 Å². The van der Waals surface area contributed by atoms with E-state index < -0.39 is 0 Å². The number of amides is 2. The molecule has 1 saturated heterocycles. The minimum Gasteiger partial charge on any atom is -0.497 e. The summed E-state index contributed by atoms with van der Waals surface area (Å²) in [5, 5.41) is 3.19. The molecule has 9 nitrogen and oxygen atoms in total. The summed E-state index contributed by atoms with van der Waals surface area (Å²) < 4.78 is 10.6. The second-order valence-electron chi connectivity index (χ2n) is 7.80. The molecule has 3 aliphatic rings. The third-order valence-corrected chi connectivity index (χ3v) is 6.00. The summed E-state index contributed by atoms with van der Waals surface area (Å²) in [6.45, 7) is 5.21. The normalized spacial score (nSPS) is 18.1. The number of carbonyl (C=O) groups is 2. The van der Waals surface area contributed by atoms with Crippen LogP contribution in [0.15, 0.2) is 28.2 Å². The number of rotatable bonds is 9. The highest BCUT2D eigenvalue weighted by Gasteiger charge is 2.37. The average Bonchev–Trinajstić information content (AvgIpc) is 3.17. The number of aliphatic imine (C=N–C) groups is 2. The highest BCUT2D eigenvalue weighted by atomic mass is 32.1. The van der Waals surface area contributed by atoms with E-state index in [1.807, 2.05) is 6.07 Å². The third kappa shape index (κ3) is 5.03. The standard InChI is InChI=1S/C22H27N5O4S/c1-30-15-5-6-17-16(14-15)19-20(24-17)21(29)27(22(32)25-19)8-3-2-4-18(28)23-7-9-26-10-12-31-13-11-26/h5-6,14H,2-4,7-13H2,1H3,(H,23,28). The molecular formula is C22H27N5O4S. The zero-order chi connectivity index (χ0) is 22.5. The van der Waals surface area contributed by atoms with E-state index in [9.17, 15) is 9.59 Å². The van der Waals surface area contributed by atoms with Gasteiger partial charge in [-0.05, 0) is 43.3 Å². The molecule has 0 radical (unpaired) electrons. The van der Waals surface area contributed by atoms with Crippen molar-refractivity contribution in [2.45, 2.75) is 19.3 Å². The summed E-state index contributed by atoms with van der Waals surface area (Å²) in [5.74, 6) is 0.452. The smallest absolute Gasteiger partial charge is 0.280 e. The van der Waals surface area contributed by atoms with Gasteiger partial charge in [-0.2, -0.15) is 0 Å². The molecule has 3 aliphatic heterocycles. The molecule has 0 saturated carbocycles. The molecule has 32 heavy (non-hydrogen) atoms. The van der Waals surface area contributed by atoms with Crippen LogP contribution in [-0.4, -0.2) is 91.2 Å². The van der Waals surface area contributed by atoms with Crippen LogP contribution in [0.4, 0.5) is 5.69 Å². The Morgan fingerprint density at radius 3 is 2.78 bits per heavy atom. The van der Waals surface area contributed by atoms with E-state index >= 15 is 0 Å². The largest absolute Gasteiger partial charge is 0.497 e. The van der Waals surface area contributed by atoms with Crippen LogP contribution in [-0.2, 0) is 14.3 Å². The Balaban J connectivity index is 1.23. The minimum atomic E-state index is -0.245. The Morgan fingerprint density at radius 2 is 2.00 bits per heavy atom. The van der Waals surface area contributed by atoms with Gasteiger partial charge in [-0.3, -0.25) is 19.4 Å². The summed E-state index contributed by atoms with van der Waals surface area (Å²) >= 11 is 5.38. The second-order valence-corrected chi connectivity index (χ2v) is 8.17. The van der Waals surface area contributed by atoms with E-state index in [-0.39, 0.29) is 16.9 Å². The SMILES string of the molecule is COc1ccc2c(c1)C1=NC(=S)N(CCCCC(=O)NCCN3CCOCC3)C(=O)C1=N2. The Bertz CT molecular complexity index is 971. The van der Waals surface area contributed by atoms with Gasteiger partial charge in [-0.25, -0.2) is 9.98 Å². The first-order valence-corrected chi connectivity index (χ1v) is 11.3. The lowest BCUT2D eigenvalue weighted by atomic mass is 10.0. The van der Waals surface area contributed by atoms with Gasteiger partial charge in [-0.1, -0.05) is 0 Å². The van der Waals surface area contributed by atoms with Gasteiger partial charge in [0, 0.05) is 44.7 Å². The Hall–Kier alpha value is -2.69. The van der Waals surface area contributed by atoms with Crippen molar-refractivity contribution in [2.75, 3.05) is 53.0 Å². The van der Waals surface area contributed by atoms with Gasteiger partial charge in [0.2, 0.25) is 11.0 Å². The maximum absolute atomic E-state index is 13.0. The van der Waals surface area contributed by atoms with E-state index in [2.05, 4.69) is 20.2 Å². The minimum absolute atomic E-state index is 0.0238. The van der Waals surface area contributed by atoms with E-state index in [4.69, 9.17) is 21.7 Å². The van der Waals surface area contributed by atoms with Crippen molar-refractivity contribution in [3.05, 3.63) is 23.8 Å². The van der Waals surface area contributed by atoms with E-state index in [0.29, 0.717) is 55.2 Å². The molecule has 1 N–H and O–H groups in total. The number of hydrogen-bond acceptors (Lipinski definition) is 7. The lowest BCUT2D eigenvalue weighted by molar-refractivity contribution is -0.121. The Kier molecular flexibility index (Phi) is 7.23. The quantitative estimate of drug-likeness (QED) is 0.444. The molecule has 1 aromatic carbocycles. The van der Waals surface area contributed by atoms with Gasteiger partial charge in [0.05, 0.1) is 26.0 Å². The van der Waals surface area contributed by atoms with Gasteiger partial charge in [0.15, 0.2) is 5.71 Å². The summed E-state index contributed by atoms with van der Waals surface area (Å²) in [7, 11) is 1.59. The predicted octanol–water partition coefficient (Wildman–Crippen LogP) is 1.32. The fourth-order valence-corrected chi connectivity index (χ4v) is 4.15. The van der Waals surface area contributed by atoms with Crippen LogP contribution in [0, 0.1) is 0 Å². The van der Waals surface area contributed by atoms with E-state index in [0.717, 1.165) is 38.4 Å². The number of hydrogen-bond donors (Lipinski definition) is 1. The first kappa shape index (κ1) is 22.5. The molecular weight excluding hydrogens is 430 g/mol. The van der Waals surface area contributed by atoms with Crippen molar-refractivity contribution in [1.82, 2.24) is 15.1 Å². The molecule has 0 atom stereocenters. The monoisotopic (exact) mass is 457 g/mol. The Morgan fingerprint density at radius 1 is 1.19 bits per heavy atom. The van der Waals surface area contributed by atoms with Crippen molar-refractivity contribution in [2.24, 2.45) is 9.98 Å². The van der Waals surface area contributed by atoms with Crippen LogP contribution >= 0.6 is 12.2 Å². The molecule has 1 aromatic rings. The first-order valence-electron chi connectivity index (χ1n) is 10.9. The van der Waals surface area contributed by atoms with Gasteiger partial charge >= 0.3 is 0 Å². The molecule has 10 heteroatoms. The summed E-state index contributed by atoms with van der Waals surface area (Å²) in [6.07, 6.45) is 1.73. The number of ether oxygens (including phenoxy) is 2. The highest BCUT2D eigenvalue weighted by Crippen LogP contribution is 2.32. The molecule has 1 fully saturated rings. The third-order valence-electron chi connectivity index (χ3n) is 5.69. The van der Waals surface area contributed by atoms with Gasteiger partial charge in [0.25, 0.3) is 5.91 Å². The number of benzene rings is 1. The molecule has 0 aliphatic carbocycles. The number of nitrogens with one attached hydrogen (secondary N) is 1. The van der Waals surface area contributed by atoms with E-state index in [1.165, 1.54) is 4.90 Å². The average molecular weight is 458 g/mol. The summed E-state index contributed by atoms with van der Waals surface area (Å²) in [6, 6.07) is 5.42. The Labute approximate surface area is 192 Å². The molecule has 0 bridgehead atoms. The van der Waals surface area contributed by atoms with Gasteiger partial charge in [-0.15, -0.1) is 0 Å². The molecule has 0 aromatic heterocycles. The molecule has 2 amide bonds. The van der Waals surface area contributed by atoms with Crippen molar-refractivity contribution < 1.29 is 19.1 Å². The number of carbonyl (C=O) groups excluding carboxylic acids is 2. The van der Waals surface area contributed by atoms with Crippen LogP contribution in [0.25, 0.3) is 0 Å². The zero-order valence-electron chi connectivity index (χ0n) is 18.1. The zero-order valence-corrected chi connectivity index (χ0v) is 18.9. The van der Waals surface area contributed by atoms with Crippen molar-refractivity contribution in [3.63, 3.8) is 0 Å². The summed E-state index contributed by atoms with van der Waals surface area (Å²) in [5.41, 5.74) is 2.25. The maximum atomic E-state index is 13.0. The highest BCUT2D eigenvalue weighted by molar-refractivity contribution is 7.80. The van der Waals surface area contributed by atoms with Crippen LogP contribution in [0.1, 0.15) is 24.8 Å².